The zero-order chi connectivity index (χ0) is 14.1. The quantitative estimate of drug-likeness (QED) is 0.894. The minimum atomic E-state index is -0.831. The molecule has 1 aliphatic rings. The van der Waals surface area contributed by atoms with Gasteiger partial charge < -0.3 is 10.0 Å². The average molecular weight is 273 g/mol. The van der Waals surface area contributed by atoms with E-state index in [2.05, 4.69) is 5.10 Å². The number of carbonyl (C=O) groups excluding carboxylic acids is 1. The SMILES string of the molecule is O=C(O)[C@H]1CCCN(C(=O)c2cnn3ccccc23)C1. The molecule has 2 aromatic rings. The lowest BCUT2D eigenvalue weighted by Crippen LogP contribution is -2.42. The fourth-order valence-corrected chi connectivity index (χ4v) is 2.63. The van der Waals surface area contributed by atoms with E-state index in [1.54, 1.807) is 21.8 Å². The summed E-state index contributed by atoms with van der Waals surface area (Å²) in [6, 6.07) is 5.53. The molecule has 1 saturated heterocycles. The average Bonchev–Trinajstić information content (AvgIpc) is 2.90. The number of pyridine rings is 1. The molecule has 1 amide bonds. The number of aliphatic carboxylic acids is 1. The summed E-state index contributed by atoms with van der Waals surface area (Å²) < 4.78 is 1.64. The Morgan fingerprint density at radius 1 is 1.35 bits per heavy atom. The second-order valence-electron chi connectivity index (χ2n) is 5.02. The molecule has 0 spiro atoms. The van der Waals surface area contributed by atoms with Crippen molar-refractivity contribution in [1.29, 1.82) is 0 Å². The summed E-state index contributed by atoms with van der Waals surface area (Å²) in [5, 5.41) is 13.2. The summed E-state index contributed by atoms with van der Waals surface area (Å²) in [5.41, 5.74) is 1.27. The number of carboxylic acids is 1. The van der Waals surface area contributed by atoms with Gasteiger partial charge in [0, 0.05) is 19.3 Å². The molecule has 3 heterocycles. The van der Waals surface area contributed by atoms with Gasteiger partial charge in [-0.2, -0.15) is 5.10 Å². The normalized spacial score (nSPS) is 19.2. The van der Waals surface area contributed by atoms with E-state index in [0.717, 1.165) is 11.9 Å². The molecule has 0 bridgehead atoms. The van der Waals surface area contributed by atoms with Crippen molar-refractivity contribution in [2.24, 2.45) is 5.92 Å². The molecule has 1 N–H and O–H groups in total. The van der Waals surface area contributed by atoms with E-state index >= 15 is 0 Å². The van der Waals surface area contributed by atoms with E-state index in [4.69, 9.17) is 5.11 Å². The predicted molar refractivity (Wildman–Crippen MR) is 71.5 cm³/mol. The smallest absolute Gasteiger partial charge is 0.308 e. The molecule has 0 radical (unpaired) electrons. The van der Waals surface area contributed by atoms with Gasteiger partial charge in [0.25, 0.3) is 5.91 Å². The van der Waals surface area contributed by atoms with Crippen LogP contribution in [0.3, 0.4) is 0 Å². The Morgan fingerprint density at radius 3 is 3.00 bits per heavy atom. The van der Waals surface area contributed by atoms with Crippen LogP contribution < -0.4 is 0 Å². The molecule has 1 aliphatic heterocycles. The monoisotopic (exact) mass is 273 g/mol. The van der Waals surface area contributed by atoms with Gasteiger partial charge in [0.2, 0.25) is 0 Å². The Balaban J connectivity index is 1.87. The zero-order valence-corrected chi connectivity index (χ0v) is 10.9. The maximum Gasteiger partial charge on any atom is 0.308 e. The van der Waals surface area contributed by atoms with Crippen molar-refractivity contribution >= 4 is 17.4 Å². The van der Waals surface area contributed by atoms with Gasteiger partial charge in [-0.1, -0.05) is 6.07 Å². The number of aromatic nitrogens is 2. The fourth-order valence-electron chi connectivity index (χ4n) is 2.63. The highest BCUT2D eigenvalue weighted by Crippen LogP contribution is 2.20. The minimum Gasteiger partial charge on any atom is -0.481 e. The highest BCUT2D eigenvalue weighted by molar-refractivity contribution is 6.00. The van der Waals surface area contributed by atoms with Gasteiger partial charge in [0.1, 0.15) is 0 Å². The molecule has 6 heteroatoms. The van der Waals surface area contributed by atoms with Gasteiger partial charge >= 0.3 is 5.97 Å². The summed E-state index contributed by atoms with van der Waals surface area (Å²) >= 11 is 0. The van der Waals surface area contributed by atoms with Gasteiger partial charge in [0.15, 0.2) is 0 Å². The molecule has 0 aliphatic carbocycles. The summed E-state index contributed by atoms with van der Waals surface area (Å²) in [6.45, 7) is 0.880. The Kier molecular flexibility index (Phi) is 3.14. The van der Waals surface area contributed by atoms with Gasteiger partial charge in [-0.25, -0.2) is 4.52 Å². The molecular weight excluding hydrogens is 258 g/mol. The van der Waals surface area contributed by atoms with Crippen molar-refractivity contribution in [3.63, 3.8) is 0 Å². The van der Waals surface area contributed by atoms with Crippen LogP contribution in [0.2, 0.25) is 0 Å². The topological polar surface area (TPSA) is 74.9 Å². The van der Waals surface area contributed by atoms with E-state index < -0.39 is 11.9 Å². The first kappa shape index (κ1) is 12.7. The van der Waals surface area contributed by atoms with Crippen molar-refractivity contribution in [3.05, 3.63) is 36.2 Å². The van der Waals surface area contributed by atoms with E-state index in [-0.39, 0.29) is 12.5 Å². The maximum absolute atomic E-state index is 12.5. The van der Waals surface area contributed by atoms with Crippen LogP contribution in [0.5, 0.6) is 0 Å². The summed E-state index contributed by atoms with van der Waals surface area (Å²) in [5.74, 6) is -1.44. The molecule has 20 heavy (non-hydrogen) atoms. The first-order valence-electron chi connectivity index (χ1n) is 6.61. The second-order valence-corrected chi connectivity index (χ2v) is 5.02. The lowest BCUT2D eigenvalue weighted by Gasteiger charge is -2.30. The molecule has 2 aromatic heterocycles. The Labute approximate surface area is 115 Å². The lowest BCUT2D eigenvalue weighted by molar-refractivity contribution is -0.143. The second kappa shape index (κ2) is 4.96. The fraction of sp³-hybridized carbons (Fsp3) is 0.357. The van der Waals surface area contributed by atoms with Crippen molar-refractivity contribution in [3.8, 4) is 0 Å². The summed E-state index contributed by atoms with van der Waals surface area (Å²) in [6.07, 6.45) is 4.68. The lowest BCUT2D eigenvalue weighted by atomic mass is 9.98. The molecular formula is C14H15N3O3. The predicted octanol–water partition coefficient (Wildman–Crippen LogP) is 1.27. The Hall–Kier alpha value is -2.37. The van der Waals surface area contributed by atoms with Crippen LogP contribution in [0.4, 0.5) is 0 Å². The van der Waals surface area contributed by atoms with Gasteiger partial charge in [-0.3, -0.25) is 9.59 Å². The van der Waals surface area contributed by atoms with E-state index in [0.29, 0.717) is 18.5 Å². The number of hydrogen-bond acceptors (Lipinski definition) is 3. The highest BCUT2D eigenvalue weighted by atomic mass is 16.4. The van der Waals surface area contributed by atoms with E-state index in [9.17, 15) is 9.59 Å². The number of carboxylic acid groups (broad SMARTS) is 1. The maximum atomic E-state index is 12.5. The van der Waals surface area contributed by atoms with Crippen molar-refractivity contribution < 1.29 is 14.7 Å². The Bertz CT molecular complexity index is 664. The number of likely N-dealkylation sites (tertiary alicyclic amines) is 1. The van der Waals surface area contributed by atoms with Crippen molar-refractivity contribution in [2.75, 3.05) is 13.1 Å². The highest BCUT2D eigenvalue weighted by Gasteiger charge is 2.29. The van der Waals surface area contributed by atoms with Gasteiger partial charge in [-0.05, 0) is 25.0 Å². The molecule has 3 rings (SSSR count). The Morgan fingerprint density at radius 2 is 2.20 bits per heavy atom. The number of carbonyl (C=O) groups is 2. The molecule has 6 nitrogen and oxygen atoms in total. The zero-order valence-electron chi connectivity index (χ0n) is 10.9. The van der Waals surface area contributed by atoms with Crippen LogP contribution in [0.15, 0.2) is 30.6 Å². The minimum absolute atomic E-state index is 0.142. The van der Waals surface area contributed by atoms with E-state index in [1.807, 2.05) is 18.2 Å². The largest absolute Gasteiger partial charge is 0.481 e. The molecule has 1 atom stereocenters. The van der Waals surface area contributed by atoms with Crippen LogP contribution in [-0.4, -0.2) is 44.6 Å². The first-order chi connectivity index (χ1) is 9.66. The van der Waals surface area contributed by atoms with Gasteiger partial charge in [-0.15, -0.1) is 0 Å². The molecule has 1 fully saturated rings. The van der Waals surface area contributed by atoms with Crippen LogP contribution in [0, 0.1) is 5.92 Å². The van der Waals surface area contributed by atoms with Crippen LogP contribution in [0.25, 0.3) is 5.52 Å². The number of hydrogen-bond donors (Lipinski definition) is 1. The number of rotatable bonds is 2. The third-order valence-corrected chi connectivity index (χ3v) is 3.71. The summed E-state index contributed by atoms with van der Waals surface area (Å²) in [4.78, 5) is 25.2. The van der Waals surface area contributed by atoms with Gasteiger partial charge in [0.05, 0.1) is 23.2 Å². The molecule has 0 aromatic carbocycles. The third kappa shape index (κ3) is 2.13. The van der Waals surface area contributed by atoms with E-state index in [1.165, 1.54) is 0 Å². The molecule has 0 unspecified atom stereocenters. The number of fused-ring (bicyclic) bond motifs is 1. The molecule has 104 valence electrons. The third-order valence-electron chi connectivity index (χ3n) is 3.71. The van der Waals surface area contributed by atoms with Crippen LogP contribution in [-0.2, 0) is 4.79 Å². The van der Waals surface area contributed by atoms with Crippen molar-refractivity contribution in [2.45, 2.75) is 12.8 Å². The number of piperidine rings is 1. The first-order valence-corrected chi connectivity index (χ1v) is 6.61. The van der Waals surface area contributed by atoms with Crippen LogP contribution in [0.1, 0.15) is 23.2 Å². The number of amides is 1. The number of nitrogens with zero attached hydrogens (tertiary/aromatic N) is 3. The standard InChI is InChI=1S/C14H15N3O3/c18-13(16-6-3-4-10(9-16)14(19)20)11-8-15-17-7-2-1-5-12(11)17/h1-2,5,7-8,10H,3-4,6,9H2,(H,19,20)/t10-/m0/s1. The van der Waals surface area contributed by atoms with Crippen LogP contribution >= 0.6 is 0 Å². The molecule has 0 saturated carbocycles. The summed E-state index contributed by atoms with van der Waals surface area (Å²) in [7, 11) is 0. The van der Waals surface area contributed by atoms with Crippen molar-refractivity contribution in [1.82, 2.24) is 14.5 Å².